The molecule has 0 saturated heterocycles. The molecular weight excluding hydrogens is 396 g/mol. The first-order valence-electron chi connectivity index (χ1n) is 10.7. The fourth-order valence-electron chi connectivity index (χ4n) is 4.12. The number of aromatic nitrogens is 2. The summed E-state index contributed by atoms with van der Waals surface area (Å²) in [5.74, 6) is -0.408. The standard InChI is InChI=1S/C24H28N2O3S/c1-5-14(2)29-24(28)15(3)26-13-25-22-21(23(26)27)20(16(4)30-22)19-11-10-17-8-6-7-9-18(17)12-19/h10-15H,5-9H2,1-4H3. The first kappa shape index (κ1) is 20.8. The van der Waals surface area contributed by atoms with Gasteiger partial charge in [0.1, 0.15) is 10.9 Å². The summed E-state index contributed by atoms with van der Waals surface area (Å²) in [6.45, 7) is 7.54. The zero-order valence-corrected chi connectivity index (χ0v) is 18.8. The van der Waals surface area contributed by atoms with Gasteiger partial charge in [-0.25, -0.2) is 9.78 Å². The van der Waals surface area contributed by atoms with Crippen LogP contribution in [-0.4, -0.2) is 21.6 Å². The number of rotatable bonds is 5. The Morgan fingerprint density at radius 3 is 2.70 bits per heavy atom. The molecule has 2 atom stereocenters. The van der Waals surface area contributed by atoms with Crippen molar-refractivity contribution in [1.82, 2.24) is 9.55 Å². The zero-order chi connectivity index (χ0) is 21.4. The molecular formula is C24H28N2O3S. The molecule has 158 valence electrons. The van der Waals surface area contributed by atoms with E-state index in [1.54, 1.807) is 6.92 Å². The van der Waals surface area contributed by atoms with Crippen molar-refractivity contribution in [2.24, 2.45) is 0 Å². The Balaban J connectivity index is 1.81. The van der Waals surface area contributed by atoms with E-state index < -0.39 is 12.0 Å². The summed E-state index contributed by atoms with van der Waals surface area (Å²) < 4.78 is 6.85. The molecule has 0 bridgehead atoms. The van der Waals surface area contributed by atoms with Gasteiger partial charge in [-0.3, -0.25) is 9.36 Å². The second kappa shape index (κ2) is 8.34. The Bertz CT molecular complexity index is 1160. The van der Waals surface area contributed by atoms with Gasteiger partial charge in [-0.2, -0.15) is 0 Å². The molecule has 0 aliphatic heterocycles. The molecule has 2 aromatic heterocycles. The van der Waals surface area contributed by atoms with Crippen LogP contribution >= 0.6 is 11.3 Å². The number of benzene rings is 1. The molecule has 0 radical (unpaired) electrons. The van der Waals surface area contributed by atoms with Crippen LogP contribution in [0.3, 0.4) is 0 Å². The van der Waals surface area contributed by atoms with Gasteiger partial charge in [0.15, 0.2) is 0 Å². The van der Waals surface area contributed by atoms with Gasteiger partial charge in [0, 0.05) is 10.4 Å². The van der Waals surface area contributed by atoms with E-state index in [1.807, 2.05) is 20.8 Å². The highest BCUT2D eigenvalue weighted by Crippen LogP contribution is 2.37. The number of esters is 1. The average molecular weight is 425 g/mol. The van der Waals surface area contributed by atoms with Crippen molar-refractivity contribution < 1.29 is 9.53 Å². The molecule has 1 aliphatic carbocycles. The van der Waals surface area contributed by atoms with Crippen molar-refractivity contribution in [1.29, 1.82) is 0 Å². The van der Waals surface area contributed by atoms with Gasteiger partial charge >= 0.3 is 5.97 Å². The summed E-state index contributed by atoms with van der Waals surface area (Å²) in [4.78, 5) is 32.3. The quantitative estimate of drug-likeness (QED) is 0.527. The van der Waals surface area contributed by atoms with E-state index in [0.717, 1.165) is 35.3 Å². The van der Waals surface area contributed by atoms with Gasteiger partial charge in [0.05, 0.1) is 17.8 Å². The second-order valence-electron chi connectivity index (χ2n) is 8.19. The Morgan fingerprint density at radius 2 is 1.97 bits per heavy atom. The van der Waals surface area contributed by atoms with Crippen molar-refractivity contribution in [3.05, 3.63) is 50.9 Å². The van der Waals surface area contributed by atoms with Crippen LogP contribution in [0.4, 0.5) is 0 Å². The molecule has 0 N–H and O–H groups in total. The van der Waals surface area contributed by atoms with Crippen LogP contribution in [-0.2, 0) is 22.4 Å². The molecule has 3 aromatic rings. The third-order valence-electron chi connectivity index (χ3n) is 6.10. The van der Waals surface area contributed by atoms with Gasteiger partial charge in [-0.1, -0.05) is 25.1 Å². The highest BCUT2D eigenvalue weighted by Gasteiger charge is 2.24. The number of hydrogen-bond donors (Lipinski definition) is 0. The number of aryl methyl sites for hydroxylation is 3. The zero-order valence-electron chi connectivity index (χ0n) is 18.0. The van der Waals surface area contributed by atoms with Crippen molar-refractivity contribution in [2.75, 3.05) is 0 Å². The highest BCUT2D eigenvalue weighted by atomic mass is 32.1. The van der Waals surface area contributed by atoms with E-state index in [-0.39, 0.29) is 11.7 Å². The van der Waals surface area contributed by atoms with Crippen LogP contribution in [0.15, 0.2) is 29.3 Å². The third kappa shape index (κ3) is 3.69. The smallest absolute Gasteiger partial charge is 0.329 e. The number of hydrogen-bond acceptors (Lipinski definition) is 5. The molecule has 1 aromatic carbocycles. The summed E-state index contributed by atoms with van der Waals surface area (Å²) >= 11 is 1.53. The van der Waals surface area contributed by atoms with E-state index in [1.165, 1.54) is 46.2 Å². The average Bonchev–Trinajstić information content (AvgIpc) is 3.09. The maximum absolute atomic E-state index is 13.4. The summed E-state index contributed by atoms with van der Waals surface area (Å²) in [5.41, 5.74) is 4.61. The predicted octanol–water partition coefficient (Wildman–Crippen LogP) is 5.21. The van der Waals surface area contributed by atoms with Gasteiger partial charge in [-0.15, -0.1) is 11.3 Å². The molecule has 0 saturated carbocycles. The Hall–Kier alpha value is -2.47. The van der Waals surface area contributed by atoms with Crippen LogP contribution < -0.4 is 5.56 Å². The van der Waals surface area contributed by atoms with Crippen molar-refractivity contribution in [3.8, 4) is 11.1 Å². The first-order valence-corrected chi connectivity index (χ1v) is 11.5. The molecule has 0 spiro atoms. The van der Waals surface area contributed by atoms with Crippen molar-refractivity contribution in [2.45, 2.75) is 71.9 Å². The molecule has 2 unspecified atom stereocenters. The lowest BCUT2D eigenvalue weighted by atomic mass is 9.89. The minimum atomic E-state index is -0.722. The van der Waals surface area contributed by atoms with Gasteiger partial charge in [0.2, 0.25) is 0 Å². The number of thiophene rings is 1. The maximum Gasteiger partial charge on any atom is 0.329 e. The fourth-order valence-corrected chi connectivity index (χ4v) is 5.12. The van der Waals surface area contributed by atoms with Crippen LogP contribution in [0, 0.1) is 6.92 Å². The summed E-state index contributed by atoms with van der Waals surface area (Å²) in [7, 11) is 0. The lowest BCUT2D eigenvalue weighted by molar-refractivity contribution is -0.152. The number of carbonyl (C=O) groups excluding carboxylic acids is 1. The summed E-state index contributed by atoms with van der Waals surface area (Å²) in [6, 6.07) is 5.84. The molecule has 5 nitrogen and oxygen atoms in total. The maximum atomic E-state index is 13.4. The third-order valence-corrected chi connectivity index (χ3v) is 7.11. The van der Waals surface area contributed by atoms with Crippen molar-refractivity contribution in [3.63, 3.8) is 0 Å². The van der Waals surface area contributed by atoms with Crippen LogP contribution in [0.25, 0.3) is 21.3 Å². The van der Waals surface area contributed by atoms with Crippen LogP contribution in [0.2, 0.25) is 0 Å². The molecule has 0 amide bonds. The summed E-state index contributed by atoms with van der Waals surface area (Å²) in [5, 5.41) is 0.596. The molecule has 6 heteroatoms. The number of carbonyl (C=O) groups is 1. The monoisotopic (exact) mass is 424 g/mol. The lowest BCUT2D eigenvalue weighted by Crippen LogP contribution is -2.31. The topological polar surface area (TPSA) is 61.2 Å². The Morgan fingerprint density at radius 1 is 1.23 bits per heavy atom. The number of nitrogens with zero attached hydrogens (tertiary/aromatic N) is 2. The van der Waals surface area contributed by atoms with E-state index >= 15 is 0 Å². The molecule has 1 aliphatic rings. The Labute approximate surface area is 180 Å². The Kier molecular flexibility index (Phi) is 5.78. The lowest BCUT2D eigenvalue weighted by Gasteiger charge is -2.18. The first-order chi connectivity index (χ1) is 14.4. The number of fused-ring (bicyclic) bond motifs is 2. The van der Waals surface area contributed by atoms with Gasteiger partial charge < -0.3 is 4.74 Å². The molecule has 4 rings (SSSR count). The van der Waals surface area contributed by atoms with Gasteiger partial charge in [0.25, 0.3) is 5.56 Å². The molecule has 30 heavy (non-hydrogen) atoms. The predicted molar refractivity (Wildman–Crippen MR) is 121 cm³/mol. The van der Waals surface area contributed by atoms with E-state index in [4.69, 9.17) is 4.74 Å². The summed E-state index contributed by atoms with van der Waals surface area (Å²) in [6.07, 6.45) is 6.70. The van der Waals surface area contributed by atoms with Crippen molar-refractivity contribution >= 4 is 27.5 Å². The van der Waals surface area contributed by atoms with Gasteiger partial charge in [-0.05, 0) is 69.6 Å². The van der Waals surface area contributed by atoms with E-state index in [9.17, 15) is 9.59 Å². The normalized spacial score (nSPS) is 15.6. The second-order valence-corrected chi connectivity index (χ2v) is 9.40. The highest BCUT2D eigenvalue weighted by molar-refractivity contribution is 7.19. The molecule has 2 heterocycles. The van der Waals surface area contributed by atoms with Crippen LogP contribution in [0.5, 0.6) is 0 Å². The molecule has 0 fully saturated rings. The minimum absolute atomic E-state index is 0.179. The fraction of sp³-hybridized carbons (Fsp3) is 0.458. The number of ether oxygens (including phenoxy) is 1. The van der Waals surface area contributed by atoms with E-state index in [0.29, 0.717) is 10.2 Å². The SMILES string of the molecule is CCC(C)OC(=O)C(C)n1cnc2sc(C)c(-c3ccc4c(c3)CCCC4)c2c1=O. The van der Waals surface area contributed by atoms with E-state index in [2.05, 4.69) is 23.2 Å². The largest absolute Gasteiger partial charge is 0.461 e. The van der Waals surface area contributed by atoms with Crippen LogP contribution in [0.1, 0.15) is 62.1 Å². The minimum Gasteiger partial charge on any atom is -0.461 e.